The van der Waals surface area contributed by atoms with Gasteiger partial charge >= 0.3 is 0 Å². The number of benzene rings is 1. The summed E-state index contributed by atoms with van der Waals surface area (Å²) in [4.78, 5) is 0. The van der Waals surface area contributed by atoms with Crippen molar-refractivity contribution >= 4 is 0 Å². The molecular formula is C12H15N3. The zero-order valence-electron chi connectivity index (χ0n) is 8.77. The molecule has 3 heteroatoms. The van der Waals surface area contributed by atoms with E-state index in [-0.39, 0.29) is 6.04 Å². The van der Waals surface area contributed by atoms with E-state index in [1.807, 2.05) is 18.5 Å². The molecule has 1 heterocycles. The molecule has 1 atom stereocenters. The molecule has 1 aromatic heterocycles. The van der Waals surface area contributed by atoms with Gasteiger partial charge in [0.1, 0.15) is 0 Å². The van der Waals surface area contributed by atoms with Crippen molar-refractivity contribution in [2.75, 3.05) is 6.54 Å². The highest BCUT2D eigenvalue weighted by Gasteiger charge is 2.12. The molecule has 0 radical (unpaired) electrons. The van der Waals surface area contributed by atoms with Crippen molar-refractivity contribution < 1.29 is 0 Å². The zero-order chi connectivity index (χ0) is 10.5. The van der Waals surface area contributed by atoms with E-state index in [2.05, 4.69) is 46.7 Å². The molecule has 0 saturated heterocycles. The van der Waals surface area contributed by atoms with E-state index >= 15 is 0 Å². The first-order chi connectivity index (χ1) is 7.42. The minimum atomic E-state index is 0.231. The van der Waals surface area contributed by atoms with Crippen molar-refractivity contribution in [2.45, 2.75) is 13.0 Å². The molecule has 0 amide bonds. The summed E-state index contributed by atoms with van der Waals surface area (Å²) in [5, 5.41) is 10.3. The SMILES string of the molecule is CCNC(c1ccccc1)c1cn[nH]c1. The van der Waals surface area contributed by atoms with Gasteiger partial charge in [-0.1, -0.05) is 37.3 Å². The van der Waals surface area contributed by atoms with Crippen LogP contribution in [0.5, 0.6) is 0 Å². The predicted octanol–water partition coefficient (Wildman–Crippen LogP) is 2.11. The maximum absolute atomic E-state index is 3.99. The first kappa shape index (κ1) is 9.93. The standard InChI is InChI=1S/C12H15N3/c1-2-13-12(11-8-14-15-9-11)10-6-4-3-5-7-10/h3-9,12-13H,2H2,1H3,(H,14,15). The van der Waals surface area contributed by atoms with Crippen LogP contribution in [-0.4, -0.2) is 16.7 Å². The summed E-state index contributed by atoms with van der Waals surface area (Å²) in [6, 6.07) is 10.6. The minimum Gasteiger partial charge on any atom is -0.306 e. The Balaban J connectivity index is 2.28. The van der Waals surface area contributed by atoms with Crippen LogP contribution < -0.4 is 5.32 Å². The number of rotatable bonds is 4. The number of aromatic nitrogens is 2. The van der Waals surface area contributed by atoms with Crippen LogP contribution in [0.15, 0.2) is 42.7 Å². The Morgan fingerprint density at radius 2 is 2.07 bits per heavy atom. The van der Waals surface area contributed by atoms with Crippen LogP contribution in [0.25, 0.3) is 0 Å². The summed E-state index contributed by atoms with van der Waals surface area (Å²) in [7, 11) is 0. The molecule has 1 unspecified atom stereocenters. The second kappa shape index (κ2) is 4.75. The first-order valence-electron chi connectivity index (χ1n) is 5.19. The average Bonchev–Trinajstić information content (AvgIpc) is 2.80. The molecule has 2 rings (SSSR count). The molecule has 1 aromatic carbocycles. The van der Waals surface area contributed by atoms with E-state index in [0.717, 1.165) is 6.54 Å². The number of hydrogen-bond acceptors (Lipinski definition) is 2. The monoisotopic (exact) mass is 201 g/mol. The molecule has 0 aliphatic rings. The van der Waals surface area contributed by atoms with Gasteiger partial charge in [-0.25, -0.2) is 0 Å². The molecule has 0 saturated carbocycles. The van der Waals surface area contributed by atoms with Crippen LogP contribution in [0.3, 0.4) is 0 Å². The van der Waals surface area contributed by atoms with Crippen molar-refractivity contribution in [1.82, 2.24) is 15.5 Å². The van der Waals surface area contributed by atoms with Gasteiger partial charge in [-0.15, -0.1) is 0 Å². The summed E-state index contributed by atoms with van der Waals surface area (Å²) >= 11 is 0. The normalized spacial score (nSPS) is 12.6. The van der Waals surface area contributed by atoms with E-state index < -0.39 is 0 Å². The lowest BCUT2D eigenvalue weighted by Gasteiger charge is -2.16. The Kier molecular flexibility index (Phi) is 3.15. The van der Waals surface area contributed by atoms with Crippen molar-refractivity contribution in [2.24, 2.45) is 0 Å². The lowest BCUT2D eigenvalue weighted by molar-refractivity contribution is 0.631. The summed E-state index contributed by atoms with van der Waals surface area (Å²) in [5.74, 6) is 0. The van der Waals surface area contributed by atoms with E-state index in [9.17, 15) is 0 Å². The van der Waals surface area contributed by atoms with Crippen LogP contribution >= 0.6 is 0 Å². The van der Waals surface area contributed by atoms with E-state index in [1.165, 1.54) is 11.1 Å². The Morgan fingerprint density at radius 3 is 2.67 bits per heavy atom. The average molecular weight is 201 g/mol. The van der Waals surface area contributed by atoms with E-state index in [0.29, 0.717) is 0 Å². The van der Waals surface area contributed by atoms with Gasteiger partial charge in [0, 0.05) is 11.8 Å². The van der Waals surface area contributed by atoms with Gasteiger partial charge in [0.05, 0.1) is 12.2 Å². The quantitative estimate of drug-likeness (QED) is 0.795. The van der Waals surface area contributed by atoms with Gasteiger partial charge in [-0.05, 0) is 12.1 Å². The fraction of sp³-hybridized carbons (Fsp3) is 0.250. The van der Waals surface area contributed by atoms with Gasteiger partial charge in [0.25, 0.3) is 0 Å². The Labute approximate surface area is 89.5 Å². The van der Waals surface area contributed by atoms with E-state index in [4.69, 9.17) is 0 Å². The number of hydrogen-bond donors (Lipinski definition) is 2. The lowest BCUT2D eigenvalue weighted by Crippen LogP contribution is -2.21. The molecule has 0 fully saturated rings. The zero-order valence-corrected chi connectivity index (χ0v) is 8.77. The molecule has 0 spiro atoms. The smallest absolute Gasteiger partial charge is 0.0607 e. The minimum absolute atomic E-state index is 0.231. The first-order valence-corrected chi connectivity index (χ1v) is 5.19. The Hall–Kier alpha value is -1.61. The van der Waals surface area contributed by atoms with Crippen LogP contribution in [-0.2, 0) is 0 Å². The maximum atomic E-state index is 3.99. The highest BCUT2D eigenvalue weighted by molar-refractivity contribution is 5.28. The molecule has 0 aliphatic carbocycles. The molecule has 3 nitrogen and oxygen atoms in total. The number of nitrogens with zero attached hydrogens (tertiary/aromatic N) is 1. The fourth-order valence-corrected chi connectivity index (χ4v) is 1.70. The molecule has 0 bridgehead atoms. The fourth-order valence-electron chi connectivity index (χ4n) is 1.70. The van der Waals surface area contributed by atoms with E-state index in [1.54, 1.807) is 0 Å². The second-order valence-corrected chi connectivity index (χ2v) is 3.43. The van der Waals surface area contributed by atoms with Gasteiger partial charge in [0.2, 0.25) is 0 Å². The molecule has 2 aromatic rings. The summed E-state index contributed by atoms with van der Waals surface area (Å²) in [6.07, 6.45) is 3.79. The Bertz CT molecular complexity index is 381. The maximum Gasteiger partial charge on any atom is 0.0607 e. The highest BCUT2D eigenvalue weighted by atomic mass is 15.1. The summed E-state index contributed by atoms with van der Waals surface area (Å²) in [5.41, 5.74) is 2.43. The number of nitrogens with one attached hydrogen (secondary N) is 2. The lowest BCUT2D eigenvalue weighted by atomic mass is 10.0. The third kappa shape index (κ3) is 2.25. The molecule has 78 valence electrons. The van der Waals surface area contributed by atoms with Crippen molar-refractivity contribution in [3.05, 3.63) is 53.9 Å². The van der Waals surface area contributed by atoms with Crippen molar-refractivity contribution in [1.29, 1.82) is 0 Å². The van der Waals surface area contributed by atoms with Gasteiger partial charge in [0.15, 0.2) is 0 Å². The molecule has 2 N–H and O–H groups in total. The largest absolute Gasteiger partial charge is 0.306 e. The highest BCUT2D eigenvalue weighted by Crippen LogP contribution is 2.20. The van der Waals surface area contributed by atoms with Crippen LogP contribution in [0.2, 0.25) is 0 Å². The van der Waals surface area contributed by atoms with Crippen LogP contribution in [0.1, 0.15) is 24.1 Å². The number of aromatic amines is 1. The van der Waals surface area contributed by atoms with Crippen LogP contribution in [0, 0.1) is 0 Å². The second-order valence-electron chi connectivity index (χ2n) is 3.43. The third-order valence-electron chi connectivity index (χ3n) is 2.39. The Morgan fingerprint density at radius 1 is 1.27 bits per heavy atom. The predicted molar refractivity (Wildman–Crippen MR) is 60.5 cm³/mol. The third-order valence-corrected chi connectivity index (χ3v) is 2.39. The van der Waals surface area contributed by atoms with Gasteiger partial charge < -0.3 is 5.32 Å². The molecule has 15 heavy (non-hydrogen) atoms. The van der Waals surface area contributed by atoms with Crippen molar-refractivity contribution in [3.63, 3.8) is 0 Å². The molecule has 0 aliphatic heterocycles. The van der Waals surface area contributed by atoms with Gasteiger partial charge in [-0.2, -0.15) is 5.10 Å². The molecular weight excluding hydrogens is 186 g/mol. The topological polar surface area (TPSA) is 40.7 Å². The number of H-pyrrole nitrogens is 1. The summed E-state index contributed by atoms with van der Waals surface area (Å²) < 4.78 is 0. The van der Waals surface area contributed by atoms with Crippen LogP contribution in [0.4, 0.5) is 0 Å². The van der Waals surface area contributed by atoms with Crippen molar-refractivity contribution in [3.8, 4) is 0 Å². The van der Waals surface area contributed by atoms with Gasteiger partial charge in [-0.3, -0.25) is 5.10 Å². The summed E-state index contributed by atoms with van der Waals surface area (Å²) in [6.45, 7) is 3.04.